The minimum atomic E-state index is -0.190. The molecule has 2 atom stereocenters. The van der Waals surface area contributed by atoms with Gasteiger partial charge < -0.3 is 19.9 Å². The summed E-state index contributed by atoms with van der Waals surface area (Å²) >= 11 is 0. The molecule has 1 heterocycles. The topological polar surface area (TPSA) is 44.8 Å². The average molecular weight is 285 g/mol. The second kappa shape index (κ2) is 8.60. The van der Waals surface area contributed by atoms with Gasteiger partial charge in [-0.05, 0) is 27.3 Å². The first-order valence-electron chi connectivity index (χ1n) is 7.79. The van der Waals surface area contributed by atoms with Crippen molar-refractivity contribution >= 4 is 5.97 Å². The van der Waals surface area contributed by atoms with Crippen molar-refractivity contribution in [1.29, 1.82) is 0 Å². The van der Waals surface area contributed by atoms with E-state index in [0.717, 1.165) is 32.6 Å². The van der Waals surface area contributed by atoms with Crippen LogP contribution >= 0.6 is 0 Å². The van der Waals surface area contributed by atoms with Crippen LogP contribution in [0.4, 0.5) is 0 Å². The van der Waals surface area contributed by atoms with E-state index in [1.165, 1.54) is 0 Å². The molecule has 5 heteroatoms. The summed E-state index contributed by atoms with van der Waals surface area (Å²) in [5, 5.41) is 3.31. The molecular weight excluding hydrogens is 254 g/mol. The van der Waals surface area contributed by atoms with Crippen molar-refractivity contribution < 1.29 is 9.53 Å². The van der Waals surface area contributed by atoms with E-state index in [4.69, 9.17) is 4.74 Å². The van der Waals surface area contributed by atoms with Gasteiger partial charge in [0.1, 0.15) is 6.04 Å². The second-order valence-corrected chi connectivity index (χ2v) is 6.04. The van der Waals surface area contributed by atoms with Crippen molar-refractivity contribution in [1.82, 2.24) is 15.1 Å². The highest BCUT2D eigenvalue weighted by atomic mass is 16.5. The van der Waals surface area contributed by atoms with Crippen molar-refractivity contribution in [3.05, 3.63) is 0 Å². The van der Waals surface area contributed by atoms with Gasteiger partial charge in [0.2, 0.25) is 0 Å². The van der Waals surface area contributed by atoms with Gasteiger partial charge in [0.05, 0.1) is 6.61 Å². The number of hydrogen-bond donors (Lipinski definition) is 1. The smallest absolute Gasteiger partial charge is 0.323 e. The molecule has 0 spiro atoms. The molecule has 1 aliphatic rings. The predicted octanol–water partition coefficient (Wildman–Crippen LogP) is 0.942. The first kappa shape index (κ1) is 17.4. The highest BCUT2D eigenvalue weighted by Gasteiger charge is 2.24. The quantitative estimate of drug-likeness (QED) is 0.705. The summed E-state index contributed by atoms with van der Waals surface area (Å²) in [6.07, 6.45) is 0.813. The van der Waals surface area contributed by atoms with E-state index in [-0.39, 0.29) is 18.1 Å². The number of nitrogens with one attached hydrogen (secondary N) is 1. The summed E-state index contributed by atoms with van der Waals surface area (Å²) in [5.74, 6) is -0.122. The number of ether oxygens (including phenoxy) is 1. The Bertz CT molecular complexity index is 297. The minimum absolute atomic E-state index is 0.122. The van der Waals surface area contributed by atoms with Crippen LogP contribution in [-0.2, 0) is 9.53 Å². The van der Waals surface area contributed by atoms with Gasteiger partial charge in [-0.1, -0.05) is 13.8 Å². The number of likely N-dealkylation sites (N-methyl/N-ethyl adjacent to an activating group) is 1. The standard InChI is InChI=1S/C15H31N3O2/c1-6-20-15(19)14(16-12(2)3)7-8-18-10-9-17(5)13(4)11-18/h12-14,16H,6-11H2,1-5H3. The Hall–Kier alpha value is -0.650. The summed E-state index contributed by atoms with van der Waals surface area (Å²) in [7, 11) is 2.17. The van der Waals surface area contributed by atoms with Crippen molar-refractivity contribution in [3.8, 4) is 0 Å². The fourth-order valence-electron chi connectivity index (χ4n) is 2.55. The van der Waals surface area contributed by atoms with Gasteiger partial charge in [0, 0.05) is 38.3 Å². The first-order chi connectivity index (χ1) is 9.43. The molecule has 1 N–H and O–H groups in total. The summed E-state index contributed by atoms with van der Waals surface area (Å²) in [6, 6.07) is 0.684. The van der Waals surface area contributed by atoms with E-state index >= 15 is 0 Å². The molecule has 0 aromatic heterocycles. The molecule has 0 aromatic rings. The van der Waals surface area contributed by atoms with Crippen LogP contribution in [0.2, 0.25) is 0 Å². The molecule has 2 unspecified atom stereocenters. The molecule has 1 fully saturated rings. The lowest BCUT2D eigenvalue weighted by Crippen LogP contribution is -2.51. The van der Waals surface area contributed by atoms with E-state index in [0.29, 0.717) is 12.6 Å². The molecule has 1 aliphatic heterocycles. The van der Waals surface area contributed by atoms with E-state index in [1.54, 1.807) is 0 Å². The molecule has 0 aliphatic carbocycles. The van der Waals surface area contributed by atoms with Gasteiger partial charge in [0.25, 0.3) is 0 Å². The highest BCUT2D eigenvalue weighted by molar-refractivity contribution is 5.75. The Morgan fingerprint density at radius 3 is 2.65 bits per heavy atom. The summed E-state index contributed by atoms with van der Waals surface area (Å²) in [6.45, 7) is 12.9. The number of piperazine rings is 1. The van der Waals surface area contributed by atoms with Crippen LogP contribution in [0, 0.1) is 0 Å². The number of carbonyl (C=O) groups is 1. The summed E-state index contributed by atoms with van der Waals surface area (Å²) < 4.78 is 5.15. The lowest BCUT2D eigenvalue weighted by atomic mass is 10.1. The normalized spacial score (nSPS) is 23.0. The summed E-state index contributed by atoms with van der Waals surface area (Å²) in [5.41, 5.74) is 0. The number of rotatable bonds is 7. The number of esters is 1. The highest BCUT2D eigenvalue weighted by Crippen LogP contribution is 2.09. The van der Waals surface area contributed by atoms with E-state index < -0.39 is 0 Å². The maximum absolute atomic E-state index is 12.0. The largest absolute Gasteiger partial charge is 0.465 e. The lowest BCUT2D eigenvalue weighted by molar-refractivity contribution is -0.146. The number of carbonyl (C=O) groups excluding carboxylic acids is 1. The van der Waals surface area contributed by atoms with Crippen LogP contribution in [-0.4, -0.2) is 73.7 Å². The predicted molar refractivity (Wildman–Crippen MR) is 81.8 cm³/mol. The van der Waals surface area contributed by atoms with Crippen molar-refractivity contribution in [2.24, 2.45) is 0 Å². The lowest BCUT2D eigenvalue weighted by Gasteiger charge is -2.38. The molecule has 118 valence electrons. The third-order valence-corrected chi connectivity index (χ3v) is 3.88. The molecule has 0 bridgehead atoms. The Morgan fingerprint density at radius 2 is 2.10 bits per heavy atom. The van der Waals surface area contributed by atoms with Gasteiger partial charge >= 0.3 is 5.97 Å². The fourth-order valence-corrected chi connectivity index (χ4v) is 2.55. The molecule has 0 aromatic carbocycles. The molecule has 20 heavy (non-hydrogen) atoms. The van der Waals surface area contributed by atoms with Crippen LogP contribution in [0.5, 0.6) is 0 Å². The Morgan fingerprint density at radius 1 is 1.40 bits per heavy atom. The molecule has 5 nitrogen and oxygen atoms in total. The fraction of sp³-hybridized carbons (Fsp3) is 0.933. The zero-order valence-electron chi connectivity index (χ0n) is 13.7. The van der Waals surface area contributed by atoms with Crippen LogP contribution in [0.3, 0.4) is 0 Å². The van der Waals surface area contributed by atoms with Crippen molar-refractivity contribution in [2.75, 3.05) is 39.8 Å². The number of hydrogen-bond acceptors (Lipinski definition) is 5. The zero-order valence-corrected chi connectivity index (χ0v) is 13.7. The van der Waals surface area contributed by atoms with Crippen LogP contribution < -0.4 is 5.32 Å². The summed E-state index contributed by atoms with van der Waals surface area (Å²) in [4.78, 5) is 16.8. The van der Waals surface area contributed by atoms with Gasteiger partial charge in [-0.3, -0.25) is 4.79 Å². The average Bonchev–Trinajstić information content (AvgIpc) is 2.38. The SMILES string of the molecule is CCOC(=O)C(CCN1CCN(C)C(C)C1)NC(C)C. The molecule has 1 saturated heterocycles. The first-order valence-corrected chi connectivity index (χ1v) is 7.79. The molecule has 0 amide bonds. The molecule has 0 radical (unpaired) electrons. The van der Waals surface area contributed by atoms with Crippen molar-refractivity contribution in [3.63, 3.8) is 0 Å². The van der Waals surface area contributed by atoms with E-state index in [9.17, 15) is 4.79 Å². The van der Waals surface area contributed by atoms with Crippen molar-refractivity contribution in [2.45, 2.75) is 52.2 Å². The third-order valence-electron chi connectivity index (χ3n) is 3.88. The van der Waals surface area contributed by atoms with Gasteiger partial charge in [0.15, 0.2) is 0 Å². The van der Waals surface area contributed by atoms with E-state index in [1.807, 2.05) is 6.92 Å². The minimum Gasteiger partial charge on any atom is -0.465 e. The Balaban J connectivity index is 2.43. The molecule has 1 rings (SSSR count). The third kappa shape index (κ3) is 5.77. The van der Waals surface area contributed by atoms with Crippen LogP contribution in [0.25, 0.3) is 0 Å². The van der Waals surface area contributed by atoms with Gasteiger partial charge in [-0.15, -0.1) is 0 Å². The zero-order chi connectivity index (χ0) is 15.1. The van der Waals surface area contributed by atoms with Crippen LogP contribution in [0.1, 0.15) is 34.1 Å². The maximum Gasteiger partial charge on any atom is 0.323 e. The molecule has 0 saturated carbocycles. The number of nitrogens with zero attached hydrogens (tertiary/aromatic N) is 2. The molecular formula is C15H31N3O2. The van der Waals surface area contributed by atoms with Gasteiger partial charge in [-0.2, -0.15) is 0 Å². The monoisotopic (exact) mass is 285 g/mol. The van der Waals surface area contributed by atoms with Crippen LogP contribution in [0.15, 0.2) is 0 Å². The van der Waals surface area contributed by atoms with Gasteiger partial charge in [-0.25, -0.2) is 0 Å². The second-order valence-electron chi connectivity index (χ2n) is 6.04. The Kier molecular flexibility index (Phi) is 7.48. The maximum atomic E-state index is 12.0. The van der Waals surface area contributed by atoms with E-state index in [2.05, 4.69) is 42.9 Å². The Labute approximate surface area is 123 Å².